The molecule has 140 valence electrons. The van der Waals surface area contributed by atoms with Crippen molar-refractivity contribution in [2.45, 2.75) is 66.0 Å². The fourth-order valence-electron chi connectivity index (χ4n) is 5.07. The van der Waals surface area contributed by atoms with Crippen molar-refractivity contribution in [3.63, 3.8) is 0 Å². The van der Waals surface area contributed by atoms with Crippen molar-refractivity contribution in [2.24, 2.45) is 17.8 Å². The van der Waals surface area contributed by atoms with Crippen LogP contribution in [0.4, 0.5) is 0 Å². The molecule has 2 heterocycles. The van der Waals surface area contributed by atoms with Gasteiger partial charge in [-0.15, -0.1) is 11.3 Å². The normalized spacial score (nSPS) is 25.8. The minimum absolute atomic E-state index is 0.0487. The summed E-state index contributed by atoms with van der Waals surface area (Å²) in [5, 5.41) is 3.81. The van der Waals surface area contributed by atoms with Gasteiger partial charge in [0.25, 0.3) is 5.56 Å². The maximum Gasteiger partial charge on any atom is 0.263 e. The lowest BCUT2D eigenvalue weighted by Gasteiger charge is -2.28. The number of rotatable bonds is 4. The van der Waals surface area contributed by atoms with Crippen LogP contribution in [0.1, 0.15) is 48.9 Å². The first-order chi connectivity index (χ1) is 12.3. The van der Waals surface area contributed by atoms with E-state index in [9.17, 15) is 9.59 Å². The minimum atomic E-state index is -0.0999. The molecule has 26 heavy (non-hydrogen) atoms. The number of carbonyl (C=O) groups excluding carboxylic acids is 1. The fourth-order valence-corrected chi connectivity index (χ4v) is 6.14. The van der Waals surface area contributed by atoms with E-state index >= 15 is 0 Å². The Bertz CT molecular complexity index is 929. The van der Waals surface area contributed by atoms with Crippen LogP contribution in [-0.2, 0) is 11.3 Å². The molecule has 2 aromatic rings. The Kier molecular flexibility index (Phi) is 4.41. The van der Waals surface area contributed by atoms with Gasteiger partial charge in [0, 0.05) is 10.9 Å². The van der Waals surface area contributed by atoms with Crippen molar-refractivity contribution in [2.75, 3.05) is 0 Å². The molecule has 0 aromatic carbocycles. The molecule has 1 N–H and O–H groups in total. The topological polar surface area (TPSA) is 64.0 Å². The molecule has 2 bridgehead atoms. The van der Waals surface area contributed by atoms with E-state index in [1.165, 1.54) is 30.3 Å². The highest BCUT2D eigenvalue weighted by Gasteiger charge is 2.42. The summed E-state index contributed by atoms with van der Waals surface area (Å²) in [6.07, 6.45) is 5.25. The van der Waals surface area contributed by atoms with Crippen LogP contribution >= 0.6 is 11.3 Å². The van der Waals surface area contributed by atoms with Gasteiger partial charge in [-0.2, -0.15) is 0 Å². The maximum atomic E-state index is 12.9. The monoisotopic (exact) mass is 373 g/mol. The Hall–Kier alpha value is -1.69. The predicted molar refractivity (Wildman–Crippen MR) is 105 cm³/mol. The van der Waals surface area contributed by atoms with E-state index in [0.717, 1.165) is 27.1 Å². The zero-order valence-corrected chi connectivity index (χ0v) is 16.8. The highest BCUT2D eigenvalue weighted by molar-refractivity contribution is 7.18. The second-order valence-corrected chi connectivity index (χ2v) is 9.41. The Labute approximate surface area is 157 Å². The zero-order valence-electron chi connectivity index (χ0n) is 16.0. The summed E-state index contributed by atoms with van der Waals surface area (Å²) >= 11 is 1.54. The lowest BCUT2D eigenvalue weighted by molar-refractivity contribution is -0.122. The number of fused-ring (bicyclic) bond motifs is 3. The van der Waals surface area contributed by atoms with E-state index in [0.29, 0.717) is 17.1 Å². The molecular formula is C20H27N3O2S. The number of carbonyl (C=O) groups is 1. The first-order valence-corrected chi connectivity index (χ1v) is 10.4. The molecule has 0 saturated heterocycles. The second kappa shape index (κ2) is 6.48. The zero-order chi connectivity index (χ0) is 18.6. The van der Waals surface area contributed by atoms with Crippen molar-refractivity contribution in [3.05, 3.63) is 26.6 Å². The van der Waals surface area contributed by atoms with Crippen molar-refractivity contribution in [1.82, 2.24) is 14.9 Å². The molecular weight excluding hydrogens is 346 g/mol. The molecule has 2 aliphatic carbocycles. The van der Waals surface area contributed by atoms with E-state index in [1.807, 2.05) is 13.8 Å². The average Bonchev–Trinajstić information content (AvgIpc) is 3.27. The fraction of sp³-hybridized carbons (Fsp3) is 0.650. The summed E-state index contributed by atoms with van der Waals surface area (Å²) < 4.78 is 1.52. The molecule has 4 unspecified atom stereocenters. The summed E-state index contributed by atoms with van der Waals surface area (Å²) in [6.45, 7) is 7.93. The summed E-state index contributed by atoms with van der Waals surface area (Å²) in [6, 6.07) is 0.177. The Morgan fingerprint density at radius 1 is 1.31 bits per heavy atom. The molecule has 4 atom stereocenters. The van der Waals surface area contributed by atoms with Crippen LogP contribution in [-0.4, -0.2) is 21.5 Å². The van der Waals surface area contributed by atoms with Crippen LogP contribution in [0, 0.1) is 38.5 Å². The molecule has 0 radical (unpaired) electrons. The van der Waals surface area contributed by atoms with E-state index in [4.69, 9.17) is 0 Å². The molecule has 2 aliphatic rings. The average molecular weight is 374 g/mol. The van der Waals surface area contributed by atoms with Gasteiger partial charge in [-0.05, 0) is 70.3 Å². The number of amides is 1. The van der Waals surface area contributed by atoms with Crippen LogP contribution < -0.4 is 10.9 Å². The van der Waals surface area contributed by atoms with Crippen molar-refractivity contribution < 1.29 is 4.79 Å². The molecule has 0 spiro atoms. The SMILES string of the molecule is Cc1sc2nc(C)n(CC(=O)NC(C)C3CC4CCC3C4)c(=O)c2c1C. The summed E-state index contributed by atoms with van der Waals surface area (Å²) in [5.41, 5.74) is 0.879. The van der Waals surface area contributed by atoms with Gasteiger partial charge in [0.2, 0.25) is 5.91 Å². The number of aromatic nitrogens is 2. The molecule has 2 saturated carbocycles. The quantitative estimate of drug-likeness (QED) is 0.894. The van der Waals surface area contributed by atoms with Crippen molar-refractivity contribution >= 4 is 27.5 Å². The highest BCUT2D eigenvalue weighted by Crippen LogP contribution is 2.49. The molecule has 1 amide bonds. The van der Waals surface area contributed by atoms with Gasteiger partial charge >= 0.3 is 0 Å². The standard InChI is InChI=1S/C20H27N3O2S/c1-10-12(3)26-19-18(10)20(25)23(13(4)22-19)9-17(24)21-11(2)16-8-14-5-6-15(16)7-14/h11,14-16H,5-9H2,1-4H3,(H,21,24). The smallest absolute Gasteiger partial charge is 0.263 e. The highest BCUT2D eigenvalue weighted by atomic mass is 32.1. The summed E-state index contributed by atoms with van der Waals surface area (Å²) in [4.78, 5) is 32.0. The largest absolute Gasteiger partial charge is 0.352 e. The first kappa shape index (κ1) is 17.7. The number of hydrogen-bond donors (Lipinski definition) is 1. The maximum absolute atomic E-state index is 12.9. The lowest BCUT2D eigenvalue weighted by atomic mass is 9.84. The Morgan fingerprint density at radius 3 is 2.73 bits per heavy atom. The van der Waals surface area contributed by atoms with Crippen molar-refractivity contribution in [3.8, 4) is 0 Å². The van der Waals surface area contributed by atoms with Gasteiger partial charge in [-0.3, -0.25) is 14.2 Å². The lowest BCUT2D eigenvalue weighted by Crippen LogP contribution is -2.43. The van der Waals surface area contributed by atoms with Crippen LogP contribution in [0.15, 0.2) is 4.79 Å². The van der Waals surface area contributed by atoms with E-state index in [1.54, 1.807) is 18.3 Å². The van der Waals surface area contributed by atoms with Crippen LogP contribution in [0.25, 0.3) is 10.2 Å². The number of aryl methyl sites for hydroxylation is 3. The van der Waals surface area contributed by atoms with Gasteiger partial charge in [0.05, 0.1) is 5.39 Å². The molecule has 2 fully saturated rings. The van der Waals surface area contributed by atoms with Crippen LogP contribution in [0.5, 0.6) is 0 Å². The third kappa shape index (κ3) is 2.88. The third-order valence-corrected chi connectivity index (χ3v) is 7.71. The molecule has 4 rings (SSSR count). The third-order valence-electron chi connectivity index (χ3n) is 6.61. The predicted octanol–water partition coefficient (Wildman–Crippen LogP) is 3.32. The molecule has 0 aliphatic heterocycles. The summed E-state index contributed by atoms with van der Waals surface area (Å²) in [7, 11) is 0. The Balaban J connectivity index is 1.52. The van der Waals surface area contributed by atoms with Crippen LogP contribution in [0.3, 0.4) is 0 Å². The van der Waals surface area contributed by atoms with Gasteiger partial charge in [-0.25, -0.2) is 4.98 Å². The Morgan fingerprint density at radius 2 is 2.08 bits per heavy atom. The molecule has 5 nitrogen and oxygen atoms in total. The molecule has 2 aromatic heterocycles. The van der Waals surface area contributed by atoms with E-state index in [2.05, 4.69) is 17.2 Å². The van der Waals surface area contributed by atoms with Gasteiger partial charge < -0.3 is 5.32 Å². The number of nitrogens with one attached hydrogen (secondary N) is 1. The minimum Gasteiger partial charge on any atom is -0.352 e. The number of hydrogen-bond acceptors (Lipinski definition) is 4. The van der Waals surface area contributed by atoms with Crippen LogP contribution in [0.2, 0.25) is 0 Å². The first-order valence-electron chi connectivity index (χ1n) is 9.61. The number of thiophene rings is 1. The van der Waals surface area contributed by atoms with Gasteiger partial charge in [-0.1, -0.05) is 6.42 Å². The van der Waals surface area contributed by atoms with Crippen molar-refractivity contribution in [1.29, 1.82) is 0 Å². The number of nitrogens with zero attached hydrogens (tertiary/aromatic N) is 2. The summed E-state index contributed by atoms with van der Waals surface area (Å²) in [5.74, 6) is 2.75. The van der Waals surface area contributed by atoms with Gasteiger partial charge in [0.1, 0.15) is 17.2 Å². The van der Waals surface area contributed by atoms with E-state index < -0.39 is 0 Å². The second-order valence-electron chi connectivity index (χ2n) is 8.21. The van der Waals surface area contributed by atoms with Gasteiger partial charge in [0.15, 0.2) is 0 Å². The van der Waals surface area contributed by atoms with E-state index in [-0.39, 0.29) is 24.1 Å². The molecule has 6 heteroatoms.